The first-order valence-electron chi connectivity index (χ1n) is 6.34. The van der Waals surface area contributed by atoms with Gasteiger partial charge in [-0.05, 0) is 32.0 Å². The van der Waals surface area contributed by atoms with E-state index in [1.54, 1.807) is 19.1 Å². The Labute approximate surface area is 127 Å². The van der Waals surface area contributed by atoms with Gasteiger partial charge in [-0.15, -0.1) is 0 Å². The molecule has 1 aromatic carbocycles. The number of aromatic nitrogens is 1. The molecule has 116 valence electrons. The van der Waals surface area contributed by atoms with Crippen molar-refractivity contribution in [1.29, 1.82) is 0 Å². The smallest absolute Gasteiger partial charge is 0.352 e. The summed E-state index contributed by atoms with van der Waals surface area (Å²) in [5.74, 6) is -1.10. The van der Waals surface area contributed by atoms with E-state index in [0.717, 1.165) is 5.56 Å². The zero-order chi connectivity index (χ0) is 16.3. The van der Waals surface area contributed by atoms with Crippen LogP contribution in [0, 0.1) is 6.92 Å². The highest BCUT2D eigenvalue weighted by Gasteiger charge is 2.13. The standard InChI is InChI=1S/C14H15N3O4S/c1-9-3-5-12(6-4-9)22(20,21)17-16-10(2)11-7-13(14(18)19)15-8-11/h3-8,15,17H,1-2H3,(H,18,19). The Kier molecular flexibility index (Phi) is 4.32. The zero-order valence-electron chi connectivity index (χ0n) is 12.0. The number of hydrazone groups is 1. The molecule has 0 unspecified atom stereocenters. The summed E-state index contributed by atoms with van der Waals surface area (Å²) in [5, 5.41) is 12.6. The lowest BCUT2D eigenvalue weighted by Crippen LogP contribution is -2.19. The van der Waals surface area contributed by atoms with Crippen LogP contribution in [0.1, 0.15) is 28.5 Å². The first-order chi connectivity index (χ1) is 10.3. The Morgan fingerprint density at radius 2 is 1.91 bits per heavy atom. The molecule has 0 aliphatic rings. The number of carboxylic acid groups (broad SMARTS) is 1. The largest absolute Gasteiger partial charge is 0.477 e. The summed E-state index contributed by atoms with van der Waals surface area (Å²) in [6.07, 6.45) is 1.45. The van der Waals surface area contributed by atoms with Crippen molar-refractivity contribution >= 4 is 21.7 Å². The van der Waals surface area contributed by atoms with Crippen molar-refractivity contribution in [2.75, 3.05) is 0 Å². The van der Waals surface area contributed by atoms with Crippen molar-refractivity contribution in [2.45, 2.75) is 18.7 Å². The molecule has 0 radical (unpaired) electrons. The molecule has 1 heterocycles. The van der Waals surface area contributed by atoms with E-state index in [4.69, 9.17) is 5.11 Å². The molecule has 3 N–H and O–H groups in total. The Morgan fingerprint density at radius 1 is 1.27 bits per heavy atom. The first kappa shape index (κ1) is 15.8. The molecule has 1 aromatic heterocycles. The topological polar surface area (TPSA) is 112 Å². The Morgan fingerprint density at radius 3 is 2.45 bits per heavy atom. The van der Waals surface area contributed by atoms with E-state index in [2.05, 4.69) is 14.9 Å². The van der Waals surface area contributed by atoms with E-state index in [1.165, 1.54) is 24.4 Å². The van der Waals surface area contributed by atoms with Gasteiger partial charge in [0, 0.05) is 11.8 Å². The van der Waals surface area contributed by atoms with Crippen molar-refractivity contribution in [1.82, 2.24) is 9.82 Å². The Hall–Kier alpha value is -2.61. The van der Waals surface area contributed by atoms with Gasteiger partial charge >= 0.3 is 5.97 Å². The number of sulfonamides is 1. The van der Waals surface area contributed by atoms with E-state index < -0.39 is 16.0 Å². The summed E-state index contributed by atoms with van der Waals surface area (Å²) in [6.45, 7) is 3.44. The minimum atomic E-state index is -3.75. The molecular formula is C14H15N3O4S. The molecule has 2 rings (SSSR count). The van der Waals surface area contributed by atoms with Crippen molar-refractivity contribution in [3.8, 4) is 0 Å². The number of aromatic amines is 1. The maximum Gasteiger partial charge on any atom is 0.352 e. The average Bonchev–Trinajstić information content (AvgIpc) is 2.95. The van der Waals surface area contributed by atoms with Gasteiger partial charge in [0.25, 0.3) is 10.0 Å². The lowest BCUT2D eigenvalue weighted by molar-refractivity contribution is 0.0691. The predicted octanol–water partition coefficient (Wildman–Crippen LogP) is 1.72. The van der Waals surface area contributed by atoms with Gasteiger partial charge in [-0.2, -0.15) is 18.4 Å². The number of nitrogens with zero attached hydrogens (tertiary/aromatic N) is 1. The number of H-pyrrole nitrogens is 1. The second-order valence-electron chi connectivity index (χ2n) is 4.71. The number of carbonyl (C=O) groups is 1. The fourth-order valence-electron chi connectivity index (χ4n) is 1.69. The molecule has 0 saturated carbocycles. The molecule has 2 aromatic rings. The second kappa shape index (κ2) is 6.02. The van der Waals surface area contributed by atoms with E-state index in [9.17, 15) is 13.2 Å². The van der Waals surface area contributed by atoms with E-state index in [0.29, 0.717) is 11.3 Å². The third kappa shape index (κ3) is 3.53. The highest BCUT2D eigenvalue weighted by Crippen LogP contribution is 2.10. The van der Waals surface area contributed by atoms with Crippen molar-refractivity contribution in [2.24, 2.45) is 5.10 Å². The predicted molar refractivity (Wildman–Crippen MR) is 81.5 cm³/mol. The highest BCUT2D eigenvalue weighted by molar-refractivity contribution is 7.89. The molecule has 0 spiro atoms. The summed E-state index contributed by atoms with van der Waals surface area (Å²) >= 11 is 0. The van der Waals surface area contributed by atoms with Crippen molar-refractivity contribution < 1.29 is 18.3 Å². The van der Waals surface area contributed by atoms with Crippen LogP contribution in [-0.4, -0.2) is 30.2 Å². The molecule has 7 nitrogen and oxygen atoms in total. The van der Waals surface area contributed by atoms with Gasteiger partial charge in [0.1, 0.15) is 5.69 Å². The summed E-state index contributed by atoms with van der Waals surface area (Å²) in [7, 11) is -3.75. The molecular weight excluding hydrogens is 306 g/mol. The summed E-state index contributed by atoms with van der Waals surface area (Å²) in [6, 6.07) is 7.73. The van der Waals surface area contributed by atoms with Crippen LogP contribution < -0.4 is 4.83 Å². The first-order valence-corrected chi connectivity index (χ1v) is 7.83. The summed E-state index contributed by atoms with van der Waals surface area (Å²) in [4.78, 5) is 15.6. The second-order valence-corrected chi connectivity index (χ2v) is 6.37. The SMILES string of the molecule is CC(=NNS(=O)(=O)c1ccc(C)cc1)c1c[nH]c(C(=O)O)c1. The zero-order valence-corrected chi connectivity index (χ0v) is 12.8. The van der Waals surface area contributed by atoms with Crippen LogP contribution in [0.4, 0.5) is 0 Å². The van der Waals surface area contributed by atoms with E-state index in [-0.39, 0.29) is 10.6 Å². The van der Waals surface area contributed by atoms with Crippen molar-refractivity contribution in [3.63, 3.8) is 0 Å². The van der Waals surface area contributed by atoms with Gasteiger partial charge in [0.2, 0.25) is 0 Å². The fourth-order valence-corrected chi connectivity index (χ4v) is 2.55. The molecule has 0 aliphatic heterocycles. The number of hydrogen-bond acceptors (Lipinski definition) is 4. The molecule has 0 aliphatic carbocycles. The minimum Gasteiger partial charge on any atom is -0.477 e. The Balaban J connectivity index is 2.18. The van der Waals surface area contributed by atoms with Gasteiger partial charge in [-0.25, -0.2) is 4.79 Å². The van der Waals surface area contributed by atoms with Gasteiger partial charge in [-0.3, -0.25) is 0 Å². The maximum atomic E-state index is 12.1. The van der Waals surface area contributed by atoms with Crippen molar-refractivity contribution in [3.05, 3.63) is 53.3 Å². The number of hydrogen-bond donors (Lipinski definition) is 3. The summed E-state index contributed by atoms with van der Waals surface area (Å²) < 4.78 is 24.1. The number of nitrogens with one attached hydrogen (secondary N) is 2. The number of aromatic carboxylic acids is 1. The van der Waals surface area contributed by atoms with Gasteiger partial charge < -0.3 is 10.1 Å². The summed E-state index contributed by atoms with van der Waals surface area (Å²) in [5.41, 5.74) is 1.79. The fraction of sp³-hybridized carbons (Fsp3) is 0.143. The molecule has 0 bridgehead atoms. The number of carboxylic acids is 1. The number of benzene rings is 1. The number of rotatable bonds is 5. The van der Waals surface area contributed by atoms with Crippen LogP contribution in [0.25, 0.3) is 0 Å². The average molecular weight is 321 g/mol. The van der Waals surface area contributed by atoms with E-state index in [1.807, 2.05) is 6.92 Å². The molecule has 22 heavy (non-hydrogen) atoms. The van der Waals surface area contributed by atoms with Crippen LogP contribution >= 0.6 is 0 Å². The van der Waals surface area contributed by atoms with Crippen LogP contribution in [-0.2, 0) is 10.0 Å². The highest BCUT2D eigenvalue weighted by atomic mass is 32.2. The van der Waals surface area contributed by atoms with Gasteiger partial charge in [0.15, 0.2) is 0 Å². The molecule has 0 amide bonds. The third-order valence-electron chi connectivity index (χ3n) is 3.00. The van der Waals surface area contributed by atoms with Crippen LogP contribution in [0.5, 0.6) is 0 Å². The number of aryl methyl sites for hydroxylation is 1. The monoisotopic (exact) mass is 321 g/mol. The third-order valence-corrected chi connectivity index (χ3v) is 4.22. The molecule has 0 atom stereocenters. The van der Waals surface area contributed by atoms with Gasteiger partial charge in [-0.1, -0.05) is 17.7 Å². The minimum absolute atomic E-state index is 0.00550. The molecule has 0 fully saturated rings. The Bertz CT molecular complexity index is 820. The van der Waals surface area contributed by atoms with Crippen LogP contribution in [0.3, 0.4) is 0 Å². The van der Waals surface area contributed by atoms with E-state index >= 15 is 0 Å². The van der Waals surface area contributed by atoms with Crippen LogP contribution in [0.2, 0.25) is 0 Å². The lowest BCUT2D eigenvalue weighted by Gasteiger charge is -2.04. The maximum absolute atomic E-state index is 12.1. The normalized spacial score (nSPS) is 12.2. The molecule has 0 saturated heterocycles. The quantitative estimate of drug-likeness (QED) is 0.575. The molecule has 8 heteroatoms. The van der Waals surface area contributed by atoms with Crippen LogP contribution in [0.15, 0.2) is 46.5 Å². The lowest BCUT2D eigenvalue weighted by atomic mass is 10.2. The van der Waals surface area contributed by atoms with Gasteiger partial charge in [0.05, 0.1) is 10.6 Å².